The molecule has 1 amide bonds. The topological polar surface area (TPSA) is 95.9 Å². The molecular weight excluding hydrogens is 258 g/mol. The van der Waals surface area contributed by atoms with Gasteiger partial charge in [0.2, 0.25) is 0 Å². The summed E-state index contributed by atoms with van der Waals surface area (Å²) in [5.74, 6) is -0.529. The van der Waals surface area contributed by atoms with E-state index in [9.17, 15) is 9.59 Å². The summed E-state index contributed by atoms with van der Waals surface area (Å²) < 4.78 is 4.97. The molecule has 3 N–H and O–H groups in total. The third kappa shape index (κ3) is 9.12. The van der Waals surface area contributed by atoms with Crippen LogP contribution in [-0.2, 0) is 9.53 Å². The molecule has 0 aromatic rings. The maximum atomic E-state index is 11.4. The highest BCUT2D eigenvalue weighted by Crippen LogP contribution is 2.09. The van der Waals surface area contributed by atoms with Crippen LogP contribution in [0.1, 0.15) is 27.7 Å². The molecule has 6 nitrogen and oxygen atoms in total. The number of aliphatic carboxylic acids is 1. The van der Waals surface area contributed by atoms with E-state index < -0.39 is 29.8 Å². The summed E-state index contributed by atoms with van der Waals surface area (Å²) in [5.41, 5.74) is -0.667. The lowest BCUT2D eigenvalue weighted by atomic mass is 10.2. The number of hydrogen-bond donors (Lipinski definition) is 3. The number of aliphatic hydroxyl groups is 1. The van der Waals surface area contributed by atoms with E-state index >= 15 is 0 Å². The quantitative estimate of drug-likeness (QED) is 0.673. The van der Waals surface area contributed by atoms with Crippen molar-refractivity contribution in [3.63, 3.8) is 0 Å². The van der Waals surface area contributed by atoms with Gasteiger partial charge < -0.3 is 20.3 Å². The minimum Gasteiger partial charge on any atom is -0.480 e. The Labute approximate surface area is 111 Å². The fourth-order valence-electron chi connectivity index (χ4n) is 0.981. The molecule has 0 aliphatic carbocycles. The highest BCUT2D eigenvalue weighted by Gasteiger charge is 2.23. The predicted molar refractivity (Wildman–Crippen MR) is 69.8 cm³/mol. The van der Waals surface area contributed by atoms with Gasteiger partial charge in [-0.05, 0) is 27.7 Å². The number of carbonyl (C=O) groups excluding carboxylic acids is 1. The van der Waals surface area contributed by atoms with Crippen molar-refractivity contribution in [2.24, 2.45) is 0 Å². The van der Waals surface area contributed by atoms with Gasteiger partial charge in [-0.1, -0.05) is 0 Å². The number of carboxylic acid groups (broad SMARTS) is 1. The molecule has 0 spiro atoms. The largest absolute Gasteiger partial charge is 0.480 e. The van der Waals surface area contributed by atoms with Gasteiger partial charge in [0.1, 0.15) is 11.6 Å². The Morgan fingerprint density at radius 1 is 1.33 bits per heavy atom. The highest BCUT2D eigenvalue weighted by molar-refractivity contribution is 7.99. The summed E-state index contributed by atoms with van der Waals surface area (Å²) >= 11 is 1.26. The average molecular weight is 279 g/mol. The molecule has 106 valence electrons. The number of ether oxygens (including phenoxy) is 1. The van der Waals surface area contributed by atoms with Gasteiger partial charge in [0, 0.05) is 11.5 Å². The van der Waals surface area contributed by atoms with Crippen LogP contribution >= 0.6 is 11.8 Å². The van der Waals surface area contributed by atoms with Crippen molar-refractivity contribution in [1.82, 2.24) is 5.32 Å². The molecular formula is C11H21NO5S. The number of amides is 1. The lowest BCUT2D eigenvalue weighted by molar-refractivity contribution is -0.138. The van der Waals surface area contributed by atoms with Gasteiger partial charge in [-0.3, -0.25) is 0 Å². The Morgan fingerprint density at radius 3 is 2.28 bits per heavy atom. The number of carbonyl (C=O) groups is 2. The maximum absolute atomic E-state index is 11.4. The summed E-state index contributed by atoms with van der Waals surface area (Å²) in [4.78, 5) is 22.3. The van der Waals surface area contributed by atoms with E-state index in [4.69, 9.17) is 14.9 Å². The second-order valence-corrected chi connectivity index (χ2v) is 6.00. The third-order valence-electron chi connectivity index (χ3n) is 1.63. The number of thioether (sulfide) groups is 1. The predicted octanol–water partition coefficient (Wildman–Crippen LogP) is 1.08. The number of carboxylic acids is 1. The minimum atomic E-state index is -1.13. The first-order valence-electron chi connectivity index (χ1n) is 5.60. The van der Waals surface area contributed by atoms with Crippen LogP contribution in [-0.4, -0.2) is 51.5 Å². The van der Waals surface area contributed by atoms with Gasteiger partial charge >= 0.3 is 12.1 Å². The summed E-state index contributed by atoms with van der Waals surface area (Å²) in [6.45, 7) is 6.71. The molecule has 0 radical (unpaired) electrons. The molecule has 0 fully saturated rings. The van der Waals surface area contributed by atoms with Gasteiger partial charge in [0.25, 0.3) is 0 Å². The van der Waals surface area contributed by atoms with Crippen LogP contribution in [0.4, 0.5) is 4.79 Å². The zero-order chi connectivity index (χ0) is 14.3. The third-order valence-corrected chi connectivity index (χ3v) is 2.92. The van der Waals surface area contributed by atoms with Crippen molar-refractivity contribution < 1.29 is 24.5 Å². The Balaban J connectivity index is 4.19. The fraction of sp³-hybridized carbons (Fsp3) is 0.818. The molecule has 0 aliphatic heterocycles. The first-order valence-corrected chi connectivity index (χ1v) is 6.75. The van der Waals surface area contributed by atoms with Crippen molar-refractivity contribution >= 4 is 23.8 Å². The summed E-state index contributed by atoms with van der Waals surface area (Å²) in [6.07, 6.45) is -1.27. The Morgan fingerprint density at radius 2 is 1.89 bits per heavy atom. The fourth-order valence-corrected chi connectivity index (χ4v) is 1.92. The molecule has 7 heteroatoms. The number of nitrogens with one attached hydrogen (secondary N) is 1. The van der Waals surface area contributed by atoms with Crippen LogP contribution in [0.5, 0.6) is 0 Å². The van der Waals surface area contributed by atoms with Gasteiger partial charge in [-0.25, -0.2) is 9.59 Å². The molecule has 2 unspecified atom stereocenters. The summed E-state index contributed by atoms with van der Waals surface area (Å²) in [6, 6.07) is -1.02. The normalized spacial score (nSPS) is 14.7. The van der Waals surface area contributed by atoms with E-state index in [-0.39, 0.29) is 5.75 Å². The van der Waals surface area contributed by atoms with Gasteiger partial charge in [0.05, 0.1) is 6.10 Å². The van der Waals surface area contributed by atoms with Crippen molar-refractivity contribution in [2.45, 2.75) is 45.4 Å². The molecule has 0 aromatic carbocycles. The van der Waals surface area contributed by atoms with E-state index in [1.807, 2.05) is 0 Å². The molecule has 0 heterocycles. The molecule has 0 bridgehead atoms. The van der Waals surface area contributed by atoms with E-state index in [1.54, 1.807) is 27.7 Å². The SMILES string of the molecule is CC(O)CSCC(NC(=O)OC(C)(C)C)C(=O)O. The van der Waals surface area contributed by atoms with Crippen LogP contribution in [0.2, 0.25) is 0 Å². The second-order valence-electron chi connectivity index (χ2n) is 4.92. The lowest BCUT2D eigenvalue weighted by Crippen LogP contribution is -2.45. The van der Waals surface area contributed by atoms with Crippen LogP contribution in [0.25, 0.3) is 0 Å². The Bertz CT molecular complexity index is 288. The highest BCUT2D eigenvalue weighted by atomic mass is 32.2. The monoisotopic (exact) mass is 279 g/mol. The molecule has 0 aliphatic rings. The summed E-state index contributed by atoms with van der Waals surface area (Å²) in [5, 5.41) is 20.3. The maximum Gasteiger partial charge on any atom is 0.408 e. The Hall–Kier alpha value is -0.950. The number of rotatable bonds is 6. The molecule has 18 heavy (non-hydrogen) atoms. The smallest absolute Gasteiger partial charge is 0.408 e. The minimum absolute atomic E-state index is 0.180. The van der Waals surface area contributed by atoms with E-state index in [1.165, 1.54) is 11.8 Å². The Kier molecular flexibility index (Phi) is 7.08. The summed E-state index contributed by atoms with van der Waals surface area (Å²) in [7, 11) is 0. The van der Waals surface area contributed by atoms with Crippen molar-refractivity contribution in [1.29, 1.82) is 0 Å². The standard InChI is InChI=1S/C11H21NO5S/c1-7(13)5-18-6-8(9(14)15)12-10(16)17-11(2,3)4/h7-8,13H,5-6H2,1-4H3,(H,12,16)(H,14,15). The molecule has 0 saturated carbocycles. The number of alkyl carbamates (subject to hydrolysis) is 1. The van der Waals surface area contributed by atoms with Gasteiger partial charge in [-0.2, -0.15) is 11.8 Å². The number of aliphatic hydroxyl groups excluding tert-OH is 1. The van der Waals surface area contributed by atoms with Crippen LogP contribution < -0.4 is 5.32 Å². The van der Waals surface area contributed by atoms with Gasteiger partial charge in [-0.15, -0.1) is 0 Å². The van der Waals surface area contributed by atoms with Crippen molar-refractivity contribution in [2.75, 3.05) is 11.5 Å². The second kappa shape index (κ2) is 7.48. The van der Waals surface area contributed by atoms with Crippen molar-refractivity contribution in [3.05, 3.63) is 0 Å². The van der Waals surface area contributed by atoms with Crippen LogP contribution in [0.15, 0.2) is 0 Å². The van der Waals surface area contributed by atoms with Crippen molar-refractivity contribution in [3.8, 4) is 0 Å². The van der Waals surface area contributed by atoms with Crippen LogP contribution in [0.3, 0.4) is 0 Å². The molecule has 0 aromatic heterocycles. The van der Waals surface area contributed by atoms with E-state index in [0.29, 0.717) is 5.75 Å². The number of hydrogen-bond acceptors (Lipinski definition) is 5. The molecule has 0 saturated heterocycles. The first-order chi connectivity index (χ1) is 8.11. The zero-order valence-corrected chi connectivity index (χ0v) is 11.9. The average Bonchev–Trinajstić information content (AvgIpc) is 2.12. The molecule has 0 rings (SSSR count). The van der Waals surface area contributed by atoms with E-state index in [2.05, 4.69) is 5.32 Å². The van der Waals surface area contributed by atoms with Gasteiger partial charge in [0.15, 0.2) is 0 Å². The van der Waals surface area contributed by atoms with E-state index in [0.717, 1.165) is 0 Å². The van der Waals surface area contributed by atoms with Crippen LogP contribution in [0, 0.1) is 0 Å². The first kappa shape index (κ1) is 17.1. The zero-order valence-electron chi connectivity index (χ0n) is 11.1. The lowest BCUT2D eigenvalue weighted by Gasteiger charge is -2.22. The molecule has 2 atom stereocenters.